The summed E-state index contributed by atoms with van der Waals surface area (Å²) in [4.78, 5) is 14.4. The van der Waals surface area contributed by atoms with Crippen molar-refractivity contribution in [3.05, 3.63) is 0 Å². The molecule has 4 nitrogen and oxygen atoms in total. The zero-order valence-corrected chi connectivity index (χ0v) is 12.4. The summed E-state index contributed by atoms with van der Waals surface area (Å²) in [7, 11) is 0. The third-order valence-corrected chi connectivity index (χ3v) is 5.12. The average Bonchev–Trinajstić information content (AvgIpc) is 3.19. The Bertz CT molecular complexity index is 322. The molecule has 2 atom stereocenters. The maximum atomic E-state index is 12.3. The number of amides is 1. The summed E-state index contributed by atoms with van der Waals surface area (Å²) in [5, 5.41) is 0. The molecule has 114 valence electrons. The zero-order valence-electron chi connectivity index (χ0n) is 12.4. The van der Waals surface area contributed by atoms with Crippen LogP contribution < -0.4 is 0 Å². The SMILES string of the molecule is O=C(COC[C@@H]1CCCO1)N1CCC[C@H]1C1CCCC1. The minimum atomic E-state index is 0.192. The molecule has 3 fully saturated rings. The van der Waals surface area contributed by atoms with Gasteiger partial charge in [-0.2, -0.15) is 0 Å². The van der Waals surface area contributed by atoms with E-state index in [1.807, 2.05) is 0 Å². The van der Waals surface area contributed by atoms with Crippen molar-refractivity contribution in [3.8, 4) is 0 Å². The van der Waals surface area contributed by atoms with Gasteiger partial charge < -0.3 is 14.4 Å². The minimum absolute atomic E-state index is 0.192. The molecule has 0 aromatic heterocycles. The Balaban J connectivity index is 1.43. The third-order valence-electron chi connectivity index (χ3n) is 5.12. The van der Waals surface area contributed by atoms with E-state index in [2.05, 4.69) is 4.90 Å². The highest BCUT2D eigenvalue weighted by atomic mass is 16.5. The van der Waals surface area contributed by atoms with Crippen LogP contribution in [0.5, 0.6) is 0 Å². The van der Waals surface area contributed by atoms with Crippen LogP contribution in [-0.4, -0.2) is 49.3 Å². The fourth-order valence-corrected chi connectivity index (χ4v) is 4.07. The second kappa shape index (κ2) is 6.90. The molecule has 1 aliphatic carbocycles. The van der Waals surface area contributed by atoms with Crippen LogP contribution in [0, 0.1) is 5.92 Å². The lowest BCUT2D eigenvalue weighted by molar-refractivity contribution is -0.139. The van der Waals surface area contributed by atoms with Crippen LogP contribution in [0.3, 0.4) is 0 Å². The molecule has 0 N–H and O–H groups in total. The van der Waals surface area contributed by atoms with Crippen LogP contribution in [0.4, 0.5) is 0 Å². The van der Waals surface area contributed by atoms with Gasteiger partial charge in [0.25, 0.3) is 0 Å². The summed E-state index contributed by atoms with van der Waals surface area (Å²) in [5.41, 5.74) is 0. The smallest absolute Gasteiger partial charge is 0.248 e. The Kier molecular flexibility index (Phi) is 4.94. The fourth-order valence-electron chi connectivity index (χ4n) is 4.07. The second-order valence-electron chi connectivity index (χ2n) is 6.49. The van der Waals surface area contributed by atoms with Gasteiger partial charge in [-0.05, 0) is 44.4 Å². The van der Waals surface area contributed by atoms with E-state index in [1.165, 1.54) is 38.5 Å². The molecule has 2 aliphatic heterocycles. The van der Waals surface area contributed by atoms with Crippen LogP contribution in [0.25, 0.3) is 0 Å². The molecule has 2 heterocycles. The van der Waals surface area contributed by atoms with Gasteiger partial charge in [0.1, 0.15) is 6.61 Å². The highest BCUT2D eigenvalue weighted by Crippen LogP contribution is 2.35. The largest absolute Gasteiger partial charge is 0.376 e. The van der Waals surface area contributed by atoms with Gasteiger partial charge in [0.05, 0.1) is 12.7 Å². The van der Waals surface area contributed by atoms with Gasteiger partial charge in [0, 0.05) is 19.2 Å². The lowest BCUT2D eigenvalue weighted by Crippen LogP contribution is -2.41. The number of hydrogen-bond donors (Lipinski definition) is 0. The molecule has 0 aromatic carbocycles. The molecule has 3 aliphatic rings. The molecule has 4 heteroatoms. The lowest BCUT2D eigenvalue weighted by Gasteiger charge is -2.29. The second-order valence-corrected chi connectivity index (χ2v) is 6.49. The van der Waals surface area contributed by atoms with Crippen molar-refractivity contribution in [1.82, 2.24) is 4.90 Å². The van der Waals surface area contributed by atoms with Gasteiger partial charge in [-0.3, -0.25) is 4.79 Å². The first-order valence-electron chi connectivity index (χ1n) is 8.33. The summed E-state index contributed by atoms with van der Waals surface area (Å²) in [6.45, 7) is 2.60. The van der Waals surface area contributed by atoms with Crippen LogP contribution in [0.1, 0.15) is 51.4 Å². The van der Waals surface area contributed by atoms with Crippen LogP contribution in [-0.2, 0) is 14.3 Å². The molecule has 0 aromatic rings. The Morgan fingerprint density at radius 2 is 1.95 bits per heavy atom. The highest BCUT2D eigenvalue weighted by Gasteiger charge is 2.35. The molecule has 0 bridgehead atoms. The Morgan fingerprint density at radius 1 is 1.10 bits per heavy atom. The molecule has 0 spiro atoms. The van der Waals surface area contributed by atoms with Gasteiger partial charge >= 0.3 is 0 Å². The topological polar surface area (TPSA) is 38.8 Å². The van der Waals surface area contributed by atoms with E-state index in [-0.39, 0.29) is 18.6 Å². The summed E-state index contributed by atoms with van der Waals surface area (Å²) < 4.78 is 11.1. The summed E-state index contributed by atoms with van der Waals surface area (Å²) >= 11 is 0. The predicted molar refractivity (Wildman–Crippen MR) is 76.5 cm³/mol. The van der Waals surface area contributed by atoms with Gasteiger partial charge in [-0.15, -0.1) is 0 Å². The van der Waals surface area contributed by atoms with E-state index in [0.717, 1.165) is 31.9 Å². The summed E-state index contributed by atoms with van der Waals surface area (Å²) in [6.07, 6.45) is 10.1. The lowest BCUT2D eigenvalue weighted by atomic mass is 9.96. The Morgan fingerprint density at radius 3 is 2.70 bits per heavy atom. The van der Waals surface area contributed by atoms with E-state index in [0.29, 0.717) is 12.6 Å². The molecule has 2 saturated heterocycles. The van der Waals surface area contributed by atoms with Crippen molar-refractivity contribution in [2.24, 2.45) is 5.92 Å². The molecular weight excluding hydrogens is 254 g/mol. The molecule has 0 radical (unpaired) electrons. The van der Waals surface area contributed by atoms with E-state index in [4.69, 9.17) is 9.47 Å². The first-order chi connectivity index (χ1) is 9.84. The number of ether oxygens (including phenoxy) is 2. The Labute approximate surface area is 121 Å². The standard InChI is InChI=1S/C16H27NO3/c18-16(12-19-11-14-7-4-10-20-14)17-9-3-8-15(17)13-5-1-2-6-13/h13-15H,1-12H2/t14-,15-/m0/s1. The fraction of sp³-hybridized carbons (Fsp3) is 0.938. The van der Waals surface area contributed by atoms with Crippen molar-refractivity contribution >= 4 is 5.91 Å². The molecular formula is C16H27NO3. The van der Waals surface area contributed by atoms with E-state index < -0.39 is 0 Å². The van der Waals surface area contributed by atoms with Gasteiger partial charge in [-0.1, -0.05) is 12.8 Å². The number of likely N-dealkylation sites (tertiary alicyclic amines) is 1. The predicted octanol–water partition coefficient (Wildman–Crippen LogP) is 2.36. The number of carbonyl (C=O) groups excluding carboxylic acids is 1. The number of carbonyl (C=O) groups is 1. The van der Waals surface area contributed by atoms with Crippen LogP contribution in [0.15, 0.2) is 0 Å². The van der Waals surface area contributed by atoms with Crippen molar-refractivity contribution < 1.29 is 14.3 Å². The first kappa shape index (κ1) is 14.3. The van der Waals surface area contributed by atoms with E-state index in [9.17, 15) is 4.79 Å². The minimum Gasteiger partial charge on any atom is -0.376 e. The average molecular weight is 281 g/mol. The monoisotopic (exact) mass is 281 g/mol. The third kappa shape index (κ3) is 3.34. The molecule has 1 amide bonds. The molecule has 20 heavy (non-hydrogen) atoms. The van der Waals surface area contributed by atoms with Crippen molar-refractivity contribution in [1.29, 1.82) is 0 Å². The van der Waals surface area contributed by atoms with Crippen molar-refractivity contribution in [2.45, 2.75) is 63.5 Å². The summed E-state index contributed by atoms with van der Waals surface area (Å²) in [6, 6.07) is 0.497. The van der Waals surface area contributed by atoms with Crippen molar-refractivity contribution in [2.75, 3.05) is 26.4 Å². The van der Waals surface area contributed by atoms with Gasteiger partial charge in [0.15, 0.2) is 0 Å². The maximum Gasteiger partial charge on any atom is 0.248 e. The van der Waals surface area contributed by atoms with Crippen molar-refractivity contribution in [3.63, 3.8) is 0 Å². The molecule has 3 rings (SSSR count). The van der Waals surface area contributed by atoms with Crippen LogP contribution in [0.2, 0.25) is 0 Å². The quantitative estimate of drug-likeness (QED) is 0.776. The number of hydrogen-bond acceptors (Lipinski definition) is 3. The first-order valence-corrected chi connectivity index (χ1v) is 8.33. The maximum absolute atomic E-state index is 12.3. The Hall–Kier alpha value is -0.610. The van der Waals surface area contributed by atoms with E-state index >= 15 is 0 Å². The highest BCUT2D eigenvalue weighted by molar-refractivity contribution is 5.78. The van der Waals surface area contributed by atoms with Crippen LogP contribution >= 0.6 is 0 Å². The summed E-state index contributed by atoms with van der Waals surface area (Å²) in [5.74, 6) is 0.942. The number of rotatable bonds is 5. The van der Waals surface area contributed by atoms with Gasteiger partial charge in [-0.25, -0.2) is 0 Å². The molecule has 1 saturated carbocycles. The number of nitrogens with zero attached hydrogens (tertiary/aromatic N) is 1. The van der Waals surface area contributed by atoms with Gasteiger partial charge in [0.2, 0.25) is 5.91 Å². The molecule has 0 unspecified atom stereocenters. The normalized spacial score (nSPS) is 31.3. The zero-order chi connectivity index (χ0) is 13.8. The van der Waals surface area contributed by atoms with E-state index in [1.54, 1.807) is 0 Å².